The van der Waals surface area contributed by atoms with Gasteiger partial charge in [-0.2, -0.15) is 0 Å². The predicted octanol–water partition coefficient (Wildman–Crippen LogP) is 3.18. The van der Waals surface area contributed by atoms with E-state index in [0.29, 0.717) is 11.1 Å². The number of nitrogens with one attached hydrogen (secondary N) is 2. The Morgan fingerprint density at radius 1 is 1.50 bits per heavy atom. The van der Waals surface area contributed by atoms with Crippen LogP contribution in [-0.4, -0.2) is 28.5 Å². The molecule has 0 spiro atoms. The molecule has 106 valence electrons. The molecule has 0 amide bonds. The van der Waals surface area contributed by atoms with Crippen molar-refractivity contribution in [2.75, 3.05) is 18.4 Å². The SMILES string of the molecule is C=C(C)c1cnc2c(NC3CCNCC3)cc(Cl)cn12. The Morgan fingerprint density at radius 2 is 2.25 bits per heavy atom. The van der Waals surface area contributed by atoms with Gasteiger partial charge in [0.05, 0.1) is 22.6 Å². The second-order valence-corrected chi connectivity index (χ2v) is 5.79. The van der Waals surface area contributed by atoms with E-state index in [1.807, 2.05) is 29.8 Å². The molecule has 0 bridgehead atoms. The summed E-state index contributed by atoms with van der Waals surface area (Å²) < 4.78 is 2.01. The minimum Gasteiger partial charge on any atom is -0.379 e. The maximum absolute atomic E-state index is 6.24. The van der Waals surface area contributed by atoms with E-state index in [1.54, 1.807) is 0 Å². The number of pyridine rings is 1. The first-order valence-electron chi connectivity index (χ1n) is 6.95. The number of hydrogen-bond acceptors (Lipinski definition) is 3. The molecule has 1 aliphatic rings. The van der Waals surface area contributed by atoms with Crippen LogP contribution in [0.15, 0.2) is 25.0 Å². The molecule has 3 heterocycles. The Hall–Kier alpha value is -1.52. The molecule has 2 aromatic rings. The van der Waals surface area contributed by atoms with E-state index in [1.165, 1.54) is 0 Å². The number of allylic oxidation sites excluding steroid dienone is 1. The van der Waals surface area contributed by atoms with Crippen LogP contribution in [0.1, 0.15) is 25.5 Å². The number of hydrogen-bond donors (Lipinski definition) is 2. The molecule has 0 aliphatic carbocycles. The summed E-state index contributed by atoms with van der Waals surface area (Å²) >= 11 is 6.24. The van der Waals surface area contributed by atoms with Gasteiger partial charge in [0.15, 0.2) is 5.65 Å². The van der Waals surface area contributed by atoms with E-state index in [2.05, 4.69) is 22.2 Å². The zero-order chi connectivity index (χ0) is 14.1. The van der Waals surface area contributed by atoms with Crippen LogP contribution in [0.25, 0.3) is 11.2 Å². The molecule has 0 saturated carbocycles. The fraction of sp³-hybridized carbons (Fsp3) is 0.400. The van der Waals surface area contributed by atoms with Crippen LogP contribution in [0.4, 0.5) is 5.69 Å². The van der Waals surface area contributed by atoms with Crippen molar-refractivity contribution in [3.63, 3.8) is 0 Å². The molecular weight excluding hydrogens is 272 g/mol. The molecule has 1 aliphatic heterocycles. The van der Waals surface area contributed by atoms with Gasteiger partial charge in [-0.1, -0.05) is 18.2 Å². The number of rotatable bonds is 3. The fourth-order valence-electron chi connectivity index (χ4n) is 2.66. The second-order valence-electron chi connectivity index (χ2n) is 5.36. The second kappa shape index (κ2) is 5.46. The van der Waals surface area contributed by atoms with Crippen LogP contribution in [0.2, 0.25) is 5.02 Å². The molecule has 0 atom stereocenters. The van der Waals surface area contributed by atoms with Crippen molar-refractivity contribution in [1.29, 1.82) is 0 Å². The van der Waals surface area contributed by atoms with E-state index < -0.39 is 0 Å². The number of aromatic nitrogens is 2. The monoisotopic (exact) mass is 290 g/mol. The Kier molecular flexibility index (Phi) is 3.68. The van der Waals surface area contributed by atoms with Gasteiger partial charge in [0, 0.05) is 12.2 Å². The van der Waals surface area contributed by atoms with E-state index in [4.69, 9.17) is 11.6 Å². The normalized spacial score (nSPS) is 16.5. The van der Waals surface area contributed by atoms with Crippen molar-refractivity contribution in [2.45, 2.75) is 25.8 Å². The van der Waals surface area contributed by atoms with Crippen LogP contribution >= 0.6 is 11.6 Å². The first-order chi connectivity index (χ1) is 9.65. The lowest BCUT2D eigenvalue weighted by molar-refractivity contribution is 0.479. The quantitative estimate of drug-likeness (QED) is 0.912. The summed E-state index contributed by atoms with van der Waals surface area (Å²) in [6, 6.07) is 2.43. The van der Waals surface area contributed by atoms with Gasteiger partial charge in [-0.25, -0.2) is 4.98 Å². The van der Waals surface area contributed by atoms with Gasteiger partial charge in [0.1, 0.15) is 0 Å². The highest BCUT2D eigenvalue weighted by molar-refractivity contribution is 6.30. The number of halogens is 1. The molecule has 4 nitrogen and oxygen atoms in total. The molecule has 2 aromatic heterocycles. The summed E-state index contributed by atoms with van der Waals surface area (Å²) in [4.78, 5) is 4.51. The summed E-state index contributed by atoms with van der Waals surface area (Å²) in [6.45, 7) is 8.08. The first-order valence-corrected chi connectivity index (χ1v) is 7.32. The molecular formula is C15H19ClN4. The molecule has 0 unspecified atom stereocenters. The fourth-order valence-corrected chi connectivity index (χ4v) is 2.87. The molecule has 3 rings (SSSR count). The summed E-state index contributed by atoms with van der Waals surface area (Å²) in [5.74, 6) is 0. The molecule has 5 heteroatoms. The van der Waals surface area contributed by atoms with Crippen LogP contribution < -0.4 is 10.6 Å². The van der Waals surface area contributed by atoms with Gasteiger partial charge in [0.2, 0.25) is 0 Å². The zero-order valence-corrected chi connectivity index (χ0v) is 12.4. The van der Waals surface area contributed by atoms with Crippen molar-refractivity contribution in [3.05, 3.63) is 35.8 Å². The minimum atomic E-state index is 0.475. The van der Waals surface area contributed by atoms with Gasteiger partial charge in [-0.05, 0) is 44.5 Å². The standard InChI is InChI=1S/C15H19ClN4/c1-10(2)14-8-18-15-13(7-11(16)9-20(14)15)19-12-3-5-17-6-4-12/h7-9,12,17,19H,1,3-6H2,2H3. The third-order valence-electron chi connectivity index (χ3n) is 3.71. The smallest absolute Gasteiger partial charge is 0.160 e. The zero-order valence-electron chi connectivity index (χ0n) is 11.6. The Bertz CT molecular complexity index is 641. The lowest BCUT2D eigenvalue weighted by Crippen LogP contribution is -2.35. The van der Waals surface area contributed by atoms with Gasteiger partial charge in [-0.3, -0.25) is 4.40 Å². The summed E-state index contributed by atoms with van der Waals surface area (Å²) in [5, 5.41) is 7.65. The largest absolute Gasteiger partial charge is 0.379 e. The van der Waals surface area contributed by atoms with Crippen LogP contribution in [0.3, 0.4) is 0 Å². The maximum Gasteiger partial charge on any atom is 0.160 e. The highest BCUT2D eigenvalue weighted by Crippen LogP contribution is 2.26. The Balaban J connectivity index is 1.99. The predicted molar refractivity (Wildman–Crippen MR) is 84.4 cm³/mol. The topological polar surface area (TPSA) is 41.4 Å². The third-order valence-corrected chi connectivity index (χ3v) is 3.92. The molecule has 0 radical (unpaired) electrons. The summed E-state index contributed by atoms with van der Waals surface area (Å²) in [5.41, 5.74) is 3.88. The van der Waals surface area contributed by atoms with Crippen molar-refractivity contribution < 1.29 is 0 Å². The number of nitrogens with zero attached hydrogens (tertiary/aromatic N) is 2. The highest BCUT2D eigenvalue weighted by Gasteiger charge is 2.16. The molecule has 20 heavy (non-hydrogen) atoms. The van der Waals surface area contributed by atoms with Crippen LogP contribution in [-0.2, 0) is 0 Å². The van der Waals surface area contributed by atoms with E-state index in [-0.39, 0.29) is 0 Å². The Labute approximate surface area is 123 Å². The minimum absolute atomic E-state index is 0.475. The Morgan fingerprint density at radius 3 is 2.95 bits per heavy atom. The van der Waals surface area contributed by atoms with E-state index in [9.17, 15) is 0 Å². The molecule has 1 fully saturated rings. The third kappa shape index (κ3) is 2.53. The van der Waals surface area contributed by atoms with Gasteiger partial charge in [-0.15, -0.1) is 0 Å². The van der Waals surface area contributed by atoms with Gasteiger partial charge >= 0.3 is 0 Å². The van der Waals surface area contributed by atoms with Crippen LogP contribution in [0, 0.1) is 0 Å². The molecule has 2 N–H and O–H groups in total. The summed E-state index contributed by atoms with van der Waals surface area (Å²) in [6.07, 6.45) is 5.97. The average molecular weight is 291 g/mol. The van der Waals surface area contributed by atoms with Crippen molar-refractivity contribution in [2.24, 2.45) is 0 Å². The number of fused-ring (bicyclic) bond motifs is 1. The van der Waals surface area contributed by atoms with E-state index in [0.717, 1.165) is 48.5 Å². The lowest BCUT2D eigenvalue weighted by atomic mass is 10.1. The first kappa shape index (κ1) is 13.5. The number of imidazole rings is 1. The molecule has 0 aromatic carbocycles. The van der Waals surface area contributed by atoms with E-state index >= 15 is 0 Å². The molecule has 1 saturated heterocycles. The van der Waals surface area contributed by atoms with Crippen molar-refractivity contribution >= 4 is 28.5 Å². The summed E-state index contributed by atoms with van der Waals surface area (Å²) in [7, 11) is 0. The van der Waals surface area contributed by atoms with Crippen molar-refractivity contribution in [3.8, 4) is 0 Å². The average Bonchev–Trinajstić information content (AvgIpc) is 2.83. The highest BCUT2D eigenvalue weighted by atomic mass is 35.5. The van der Waals surface area contributed by atoms with Gasteiger partial charge < -0.3 is 10.6 Å². The van der Waals surface area contributed by atoms with Gasteiger partial charge in [0.25, 0.3) is 0 Å². The van der Waals surface area contributed by atoms with Crippen molar-refractivity contribution in [1.82, 2.24) is 14.7 Å². The van der Waals surface area contributed by atoms with Crippen LogP contribution in [0.5, 0.6) is 0 Å². The number of piperidine rings is 1. The lowest BCUT2D eigenvalue weighted by Gasteiger charge is -2.25. The maximum atomic E-state index is 6.24. The number of anilines is 1.